The summed E-state index contributed by atoms with van der Waals surface area (Å²) in [6, 6.07) is 1.79. The summed E-state index contributed by atoms with van der Waals surface area (Å²) < 4.78 is 17.1. The average Bonchev–Trinajstić information content (AvgIpc) is 2.84. The van der Waals surface area contributed by atoms with Gasteiger partial charge in [-0.2, -0.15) is 0 Å². The van der Waals surface area contributed by atoms with E-state index < -0.39 is 5.97 Å². The molecule has 2 N–H and O–H groups in total. The molecule has 0 aromatic heterocycles. The highest BCUT2D eigenvalue weighted by molar-refractivity contribution is 5.94. The Balaban J connectivity index is 2.28. The number of unbranched alkanes of at least 4 members (excludes halogenated alkanes) is 2. The molecule has 1 aromatic carbocycles. The zero-order valence-electron chi connectivity index (χ0n) is 22.4. The lowest BCUT2D eigenvalue weighted by Crippen LogP contribution is -2.20. The van der Waals surface area contributed by atoms with Crippen LogP contribution in [0.1, 0.15) is 80.3 Å². The van der Waals surface area contributed by atoms with Crippen LogP contribution in [0.15, 0.2) is 35.0 Å². The van der Waals surface area contributed by atoms with E-state index in [1.54, 1.807) is 6.07 Å². The zero-order valence-corrected chi connectivity index (χ0v) is 22.4. The molecule has 0 amide bonds. The fraction of sp³-hybridized carbons (Fsp3) is 0.607. The lowest BCUT2D eigenvalue weighted by molar-refractivity contribution is 0.0386. The van der Waals surface area contributed by atoms with Gasteiger partial charge in [-0.3, -0.25) is 0 Å². The van der Waals surface area contributed by atoms with Gasteiger partial charge in [0.15, 0.2) is 0 Å². The molecule has 2 atom stereocenters. The predicted molar refractivity (Wildman–Crippen MR) is 143 cm³/mol. The van der Waals surface area contributed by atoms with Crippen LogP contribution in [-0.2, 0) is 15.9 Å². The van der Waals surface area contributed by atoms with E-state index in [1.165, 1.54) is 5.57 Å². The van der Waals surface area contributed by atoms with Gasteiger partial charge in [-0.05, 0) is 62.6 Å². The Bertz CT molecular complexity index is 1000. The van der Waals surface area contributed by atoms with Crippen LogP contribution in [0.3, 0.4) is 0 Å². The third kappa shape index (κ3) is 9.11. The Kier molecular flexibility index (Phi) is 13.0. The molecule has 0 aliphatic heterocycles. The van der Waals surface area contributed by atoms with Crippen LogP contribution in [-0.4, -0.2) is 55.8 Å². The largest absolute Gasteiger partial charge is 0.507 e. The summed E-state index contributed by atoms with van der Waals surface area (Å²) >= 11 is 0. The second kappa shape index (κ2) is 16.0. The quantitative estimate of drug-likeness (QED) is 0.0793. The number of phenols is 1. The van der Waals surface area contributed by atoms with Crippen LogP contribution in [0.25, 0.3) is 10.4 Å². The molecule has 0 radical (unpaired) electrons. The topological polar surface area (TPSA) is 134 Å². The fourth-order valence-corrected chi connectivity index (χ4v) is 4.74. The Morgan fingerprint density at radius 3 is 2.57 bits per heavy atom. The normalized spacial score (nSPS) is 17.1. The van der Waals surface area contributed by atoms with Crippen LogP contribution in [0.2, 0.25) is 0 Å². The molecule has 2 unspecified atom stereocenters. The number of aromatic carboxylic acids is 1. The number of nitrogens with zero attached hydrogens (tertiary/aromatic N) is 3. The van der Waals surface area contributed by atoms with Crippen molar-refractivity contribution in [2.45, 2.75) is 65.2 Å². The van der Waals surface area contributed by atoms with Crippen LogP contribution in [0.4, 0.5) is 0 Å². The average molecular weight is 516 g/mol. The van der Waals surface area contributed by atoms with E-state index in [0.29, 0.717) is 49.7 Å². The number of hydrogen-bond acceptors (Lipinski definition) is 6. The van der Waals surface area contributed by atoms with Crippen LogP contribution < -0.4 is 4.74 Å². The first-order valence-corrected chi connectivity index (χ1v) is 13.1. The minimum atomic E-state index is -1.14. The first-order chi connectivity index (χ1) is 17.8. The maximum atomic E-state index is 12.3. The molecule has 0 saturated carbocycles. The molecule has 2 rings (SSSR count). The van der Waals surface area contributed by atoms with Crippen molar-refractivity contribution in [1.29, 1.82) is 0 Å². The summed E-state index contributed by atoms with van der Waals surface area (Å²) in [7, 11) is 0. The van der Waals surface area contributed by atoms with Gasteiger partial charge in [0.25, 0.3) is 0 Å². The molecule has 0 heterocycles. The van der Waals surface area contributed by atoms with E-state index in [4.69, 9.17) is 19.7 Å². The van der Waals surface area contributed by atoms with Gasteiger partial charge in [-0.25, -0.2) is 4.79 Å². The highest BCUT2D eigenvalue weighted by atomic mass is 16.5. The zero-order chi connectivity index (χ0) is 27.2. The maximum absolute atomic E-state index is 12.3. The molecule has 204 valence electrons. The molecule has 0 spiro atoms. The molecule has 9 nitrogen and oxygen atoms in total. The lowest BCUT2D eigenvalue weighted by atomic mass is 9.73. The third-order valence-corrected chi connectivity index (χ3v) is 6.62. The van der Waals surface area contributed by atoms with E-state index >= 15 is 0 Å². The summed E-state index contributed by atoms with van der Waals surface area (Å²) in [6.45, 7) is 12.2. The van der Waals surface area contributed by atoms with Gasteiger partial charge >= 0.3 is 5.97 Å². The van der Waals surface area contributed by atoms with E-state index in [9.17, 15) is 15.0 Å². The number of ether oxygens (including phenoxy) is 3. The molecule has 1 aliphatic rings. The van der Waals surface area contributed by atoms with Crippen molar-refractivity contribution in [1.82, 2.24) is 0 Å². The first kappa shape index (κ1) is 30.2. The summed E-state index contributed by atoms with van der Waals surface area (Å²) in [6.07, 6.45) is 7.28. The summed E-state index contributed by atoms with van der Waals surface area (Å²) in [5.41, 5.74) is 11.5. The third-order valence-electron chi connectivity index (χ3n) is 6.62. The number of carboxylic acid groups (broad SMARTS) is 1. The summed E-state index contributed by atoms with van der Waals surface area (Å²) in [5, 5.41) is 24.8. The van der Waals surface area contributed by atoms with Crippen LogP contribution >= 0.6 is 0 Å². The molecule has 37 heavy (non-hydrogen) atoms. The van der Waals surface area contributed by atoms with Crippen molar-refractivity contribution in [3.8, 4) is 11.5 Å². The Morgan fingerprint density at radius 1 is 1.22 bits per heavy atom. The van der Waals surface area contributed by atoms with Crippen molar-refractivity contribution in [3.05, 3.63) is 57.0 Å². The highest BCUT2D eigenvalue weighted by Gasteiger charge is 2.33. The SMILES string of the molecule is C=C(C)C1CCC(C)=CC1c1c(OCCOCCOCCN=[N+]=[N-])cc(CCCCC)c(C(=O)O)c1O. The van der Waals surface area contributed by atoms with Crippen molar-refractivity contribution in [3.63, 3.8) is 0 Å². The van der Waals surface area contributed by atoms with Crippen LogP contribution in [0.5, 0.6) is 11.5 Å². The summed E-state index contributed by atoms with van der Waals surface area (Å²) in [5.74, 6) is -1.01. The van der Waals surface area contributed by atoms with Crippen molar-refractivity contribution in [2.24, 2.45) is 11.0 Å². The van der Waals surface area contributed by atoms with E-state index in [2.05, 4.69) is 36.5 Å². The number of hydrogen-bond donors (Lipinski definition) is 2. The monoisotopic (exact) mass is 515 g/mol. The Morgan fingerprint density at radius 2 is 1.92 bits per heavy atom. The highest BCUT2D eigenvalue weighted by Crippen LogP contribution is 2.48. The van der Waals surface area contributed by atoms with Gasteiger partial charge in [0.1, 0.15) is 23.7 Å². The number of aryl methyl sites for hydroxylation is 1. The lowest BCUT2D eigenvalue weighted by Gasteiger charge is -2.32. The molecule has 0 fully saturated rings. The van der Waals surface area contributed by atoms with Gasteiger partial charge < -0.3 is 24.4 Å². The molecule has 0 bridgehead atoms. The maximum Gasteiger partial charge on any atom is 0.339 e. The smallest absolute Gasteiger partial charge is 0.339 e. The van der Waals surface area contributed by atoms with Crippen molar-refractivity contribution >= 4 is 5.97 Å². The molecule has 1 aromatic rings. The Hall–Kier alpha value is -3.00. The number of carbonyl (C=O) groups is 1. The minimum absolute atomic E-state index is 0.0373. The van der Waals surface area contributed by atoms with Gasteiger partial charge in [0.05, 0.1) is 26.4 Å². The number of azide groups is 1. The Labute approximate surface area is 219 Å². The number of rotatable bonds is 17. The van der Waals surface area contributed by atoms with E-state index in [-0.39, 0.29) is 36.3 Å². The number of allylic oxidation sites excluding steroid dienone is 3. The first-order valence-electron chi connectivity index (χ1n) is 13.1. The molecular weight excluding hydrogens is 474 g/mol. The molecule has 0 saturated heterocycles. The van der Waals surface area contributed by atoms with Gasteiger partial charge in [-0.15, -0.1) is 0 Å². The van der Waals surface area contributed by atoms with Gasteiger partial charge in [0, 0.05) is 22.9 Å². The standard InChI is InChI=1S/C28H41N3O6/c1-5-6-7-8-21-18-24(37-16-15-36-14-13-35-12-11-30-31-29)26(27(32)25(21)28(33)34)23-17-20(4)9-10-22(23)19(2)3/h17-18,22-23,32H,2,5-16H2,1,3-4H3,(H,33,34). The van der Waals surface area contributed by atoms with Crippen molar-refractivity contribution < 1.29 is 29.2 Å². The fourth-order valence-electron chi connectivity index (χ4n) is 4.74. The van der Waals surface area contributed by atoms with Crippen LogP contribution in [0, 0.1) is 5.92 Å². The summed E-state index contributed by atoms with van der Waals surface area (Å²) in [4.78, 5) is 14.9. The number of aromatic hydroxyl groups is 1. The molecule has 9 heteroatoms. The molecule has 1 aliphatic carbocycles. The van der Waals surface area contributed by atoms with Crippen molar-refractivity contribution in [2.75, 3.05) is 39.6 Å². The van der Waals surface area contributed by atoms with Gasteiger partial charge in [-0.1, -0.05) is 48.7 Å². The van der Waals surface area contributed by atoms with Gasteiger partial charge in [0.2, 0.25) is 0 Å². The number of carboxylic acids is 1. The van der Waals surface area contributed by atoms with E-state index in [0.717, 1.165) is 37.7 Å². The van der Waals surface area contributed by atoms with E-state index in [1.807, 2.05) is 6.92 Å². The second-order valence-corrected chi connectivity index (χ2v) is 9.49. The second-order valence-electron chi connectivity index (χ2n) is 9.49. The minimum Gasteiger partial charge on any atom is -0.507 e. The number of benzene rings is 1. The molecular formula is C28H41N3O6. The predicted octanol–water partition coefficient (Wildman–Crippen LogP) is 6.56.